The van der Waals surface area contributed by atoms with Crippen molar-refractivity contribution in [3.05, 3.63) is 29.6 Å². The fraction of sp³-hybridized carbons (Fsp3) is 0.684. The number of urea groups is 1. The number of aromatic nitrogens is 1. The van der Waals surface area contributed by atoms with Gasteiger partial charge in [-0.1, -0.05) is 19.9 Å². The number of pyridine rings is 1. The Morgan fingerprint density at radius 3 is 3.08 bits per heavy atom. The third-order valence-electron chi connectivity index (χ3n) is 5.25. The number of amides is 2. The zero-order valence-electron chi connectivity index (χ0n) is 15.5. The van der Waals surface area contributed by atoms with E-state index in [1.165, 1.54) is 12.8 Å². The summed E-state index contributed by atoms with van der Waals surface area (Å²) in [5.41, 5.74) is 2.03. The minimum atomic E-state index is -0.157. The zero-order chi connectivity index (χ0) is 17.8. The van der Waals surface area contributed by atoms with Crippen LogP contribution in [0.5, 0.6) is 0 Å². The summed E-state index contributed by atoms with van der Waals surface area (Å²) in [6.45, 7) is 9.62. The maximum Gasteiger partial charge on any atom is 0.315 e. The fourth-order valence-electron chi connectivity index (χ4n) is 3.78. The summed E-state index contributed by atoms with van der Waals surface area (Å²) in [7, 11) is 0. The number of ether oxygens (including phenoxy) is 1. The van der Waals surface area contributed by atoms with Crippen LogP contribution in [0, 0.1) is 12.8 Å². The molecule has 0 spiro atoms. The molecule has 2 aliphatic rings. The molecule has 6 nitrogen and oxygen atoms in total. The van der Waals surface area contributed by atoms with Gasteiger partial charge in [-0.05, 0) is 43.9 Å². The van der Waals surface area contributed by atoms with Crippen LogP contribution in [0.1, 0.15) is 44.0 Å². The molecule has 2 fully saturated rings. The Kier molecular flexibility index (Phi) is 5.91. The van der Waals surface area contributed by atoms with E-state index in [0.29, 0.717) is 12.6 Å². The van der Waals surface area contributed by atoms with Gasteiger partial charge < -0.3 is 15.4 Å². The van der Waals surface area contributed by atoms with Crippen molar-refractivity contribution in [3.63, 3.8) is 0 Å². The molecule has 0 radical (unpaired) electrons. The van der Waals surface area contributed by atoms with E-state index in [-0.39, 0.29) is 24.1 Å². The van der Waals surface area contributed by atoms with Gasteiger partial charge in [-0.15, -0.1) is 0 Å². The van der Waals surface area contributed by atoms with Crippen molar-refractivity contribution in [2.75, 3.05) is 26.2 Å². The van der Waals surface area contributed by atoms with Crippen molar-refractivity contribution in [1.82, 2.24) is 20.5 Å². The standard InChI is InChI=1S/C19H30N4O2/c1-13(2)17(18-14(3)6-4-8-20-18)22-19(24)21-10-16-11-23-9-5-7-15(23)12-25-16/h4,6,8,13,15-17H,5,7,9-12H2,1-3H3,(H2,21,22,24). The van der Waals surface area contributed by atoms with Crippen LogP contribution in [0.3, 0.4) is 0 Å². The highest BCUT2D eigenvalue weighted by molar-refractivity contribution is 5.74. The molecule has 25 heavy (non-hydrogen) atoms. The molecule has 1 aromatic rings. The van der Waals surface area contributed by atoms with Gasteiger partial charge >= 0.3 is 6.03 Å². The molecule has 3 atom stereocenters. The lowest BCUT2D eigenvalue weighted by atomic mass is 9.97. The predicted molar refractivity (Wildman–Crippen MR) is 97.4 cm³/mol. The van der Waals surface area contributed by atoms with Gasteiger partial charge in [0.15, 0.2) is 0 Å². The van der Waals surface area contributed by atoms with Crippen LogP contribution in [0.4, 0.5) is 4.79 Å². The van der Waals surface area contributed by atoms with Gasteiger partial charge in [-0.3, -0.25) is 9.88 Å². The predicted octanol–water partition coefficient (Wildman–Crippen LogP) is 2.25. The van der Waals surface area contributed by atoms with E-state index in [1.807, 2.05) is 19.1 Å². The van der Waals surface area contributed by atoms with E-state index in [2.05, 4.69) is 34.4 Å². The van der Waals surface area contributed by atoms with E-state index in [1.54, 1.807) is 6.20 Å². The second kappa shape index (κ2) is 8.15. The first kappa shape index (κ1) is 18.1. The number of nitrogens with zero attached hydrogens (tertiary/aromatic N) is 2. The first-order valence-electron chi connectivity index (χ1n) is 9.36. The van der Waals surface area contributed by atoms with Gasteiger partial charge in [0.25, 0.3) is 0 Å². The topological polar surface area (TPSA) is 66.5 Å². The quantitative estimate of drug-likeness (QED) is 0.858. The maximum atomic E-state index is 12.4. The summed E-state index contributed by atoms with van der Waals surface area (Å²) in [6, 6.07) is 4.27. The molecule has 0 aromatic carbocycles. The third-order valence-corrected chi connectivity index (χ3v) is 5.25. The highest BCUT2D eigenvalue weighted by Crippen LogP contribution is 2.23. The van der Waals surface area contributed by atoms with Gasteiger partial charge in [0.1, 0.15) is 0 Å². The summed E-state index contributed by atoms with van der Waals surface area (Å²) >= 11 is 0. The minimum Gasteiger partial charge on any atom is -0.373 e. The molecule has 0 bridgehead atoms. The largest absolute Gasteiger partial charge is 0.373 e. The van der Waals surface area contributed by atoms with Crippen molar-refractivity contribution >= 4 is 6.03 Å². The summed E-state index contributed by atoms with van der Waals surface area (Å²) in [5, 5.41) is 6.06. The van der Waals surface area contributed by atoms with Crippen LogP contribution >= 0.6 is 0 Å². The van der Waals surface area contributed by atoms with Crippen LogP contribution in [0.2, 0.25) is 0 Å². The summed E-state index contributed by atoms with van der Waals surface area (Å²) in [6.07, 6.45) is 4.35. The Morgan fingerprint density at radius 2 is 2.32 bits per heavy atom. The van der Waals surface area contributed by atoms with Crippen LogP contribution in [0.15, 0.2) is 18.3 Å². The molecule has 138 valence electrons. The molecule has 2 aliphatic heterocycles. The molecule has 6 heteroatoms. The van der Waals surface area contributed by atoms with Crippen molar-refractivity contribution in [3.8, 4) is 0 Å². The molecule has 0 saturated carbocycles. The number of morpholine rings is 1. The highest BCUT2D eigenvalue weighted by Gasteiger charge is 2.32. The van der Waals surface area contributed by atoms with E-state index in [9.17, 15) is 4.79 Å². The maximum absolute atomic E-state index is 12.4. The average molecular weight is 346 g/mol. The second-order valence-electron chi connectivity index (χ2n) is 7.53. The van der Waals surface area contributed by atoms with Gasteiger partial charge in [0.2, 0.25) is 0 Å². The van der Waals surface area contributed by atoms with Gasteiger partial charge in [-0.25, -0.2) is 4.79 Å². The number of hydrogen-bond acceptors (Lipinski definition) is 4. The number of carbonyl (C=O) groups excluding carboxylic acids is 1. The van der Waals surface area contributed by atoms with E-state index in [4.69, 9.17) is 4.74 Å². The molecular formula is C19H30N4O2. The van der Waals surface area contributed by atoms with Crippen molar-refractivity contribution in [2.45, 2.75) is 51.8 Å². The monoisotopic (exact) mass is 346 g/mol. The second-order valence-corrected chi connectivity index (χ2v) is 7.53. The smallest absolute Gasteiger partial charge is 0.315 e. The number of nitrogens with one attached hydrogen (secondary N) is 2. The molecule has 3 unspecified atom stereocenters. The molecular weight excluding hydrogens is 316 g/mol. The lowest BCUT2D eigenvalue weighted by Crippen LogP contribution is -2.51. The number of rotatable bonds is 5. The number of hydrogen-bond donors (Lipinski definition) is 2. The van der Waals surface area contributed by atoms with Gasteiger partial charge in [0, 0.05) is 25.3 Å². The SMILES string of the molecule is Cc1cccnc1C(NC(=O)NCC1CN2CCCC2CO1)C(C)C. The molecule has 2 saturated heterocycles. The molecule has 2 amide bonds. The lowest BCUT2D eigenvalue weighted by Gasteiger charge is -2.35. The molecule has 3 heterocycles. The van der Waals surface area contributed by atoms with Gasteiger partial charge in [-0.2, -0.15) is 0 Å². The summed E-state index contributed by atoms with van der Waals surface area (Å²) in [4.78, 5) is 19.3. The Labute approximate surface area is 150 Å². The fourth-order valence-corrected chi connectivity index (χ4v) is 3.78. The molecule has 0 aliphatic carbocycles. The number of aryl methyl sites for hydroxylation is 1. The van der Waals surface area contributed by atoms with Crippen molar-refractivity contribution in [1.29, 1.82) is 0 Å². The summed E-state index contributed by atoms with van der Waals surface area (Å²) < 4.78 is 5.90. The first-order valence-corrected chi connectivity index (χ1v) is 9.36. The first-order chi connectivity index (χ1) is 12.0. The van der Waals surface area contributed by atoms with E-state index in [0.717, 1.165) is 31.0 Å². The number of carbonyl (C=O) groups is 1. The Bertz CT molecular complexity index is 593. The van der Waals surface area contributed by atoms with E-state index < -0.39 is 0 Å². The lowest BCUT2D eigenvalue weighted by molar-refractivity contribution is -0.0458. The molecule has 2 N–H and O–H groups in total. The minimum absolute atomic E-state index is 0.0780. The van der Waals surface area contributed by atoms with Crippen LogP contribution < -0.4 is 10.6 Å². The van der Waals surface area contributed by atoms with E-state index >= 15 is 0 Å². The van der Waals surface area contributed by atoms with Crippen molar-refractivity contribution < 1.29 is 9.53 Å². The highest BCUT2D eigenvalue weighted by atomic mass is 16.5. The van der Waals surface area contributed by atoms with Crippen LogP contribution in [0.25, 0.3) is 0 Å². The Hall–Kier alpha value is -1.66. The van der Waals surface area contributed by atoms with Crippen LogP contribution in [-0.2, 0) is 4.74 Å². The zero-order valence-corrected chi connectivity index (χ0v) is 15.5. The van der Waals surface area contributed by atoms with Crippen molar-refractivity contribution in [2.24, 2.45) is 5.92 Å². The van der Waals surface area contributed by atoms with Crippen LogP contribution in [-0.4, -0.2) is 54.3 Å². The summed E-state index contributed by atoms with van der Waals surface area (Å²) in [5.74, 6) is 0.260. The van der Waals surface area contributed by atoms with Gasteiger partial charge in [0.05, 0.1) is 24.4 Å². The third kappa shape index (κ3) is 4.50. The normalized spacial score (nSPS) is 24.8. The number of fused-ring (bicyclic) bond motifs is 1. The average Bonchev–Trinajstić information content (AvgIpc) is 3.06. The molecule has 3 rings (SSSR count). The molecule has 1 aromatic heterocycles. The Morgan fingerprint density at radius 1 is 1.48 bits per heavy atom. The Balaban J connectivity index is 1.51.